The summed E-state index contributed by atoms with van der Waals surface area (Å²) < 4.78 is 10.5. The molecule has 1 amide bonds. The van der Waals surface area contributed by atoms with E-state index in [2.05, 4.69) is 0 Å². The van der Waals surface area contributed by atoms with Crippen molar-refractivity contribution < 1.29 is 23.9 Å². The van der Waals surface area contributed by atoms with E-state index in [1.807, 2.05) is 42.2 Å². The first kappa shape index (κ1) is 19.9. The molecule has 154 valence electrons. The van der Waals surface area contributed by atoms with Gasteiger partial charge in [0, 0.05) is 18.2 Å². The smallest absolute Gasteiger partial charge is 0.331 e. The van der Waals surface area contributed by atoms with E-state index < -0.39 is 5.97 Å². The molecule has 2 aromatic carbocycles. The van der Waals surface area contributed by atoms with E-state index in [-0.39, 0.29) is 18.3 Å². The normalized spacial score (nSPS) is 14.7. The van der Waals surface area contributed by atoms with E-state index in [4.69, 9.17) is 9.47 Å². The van der Waals surface area contributed by atoms with Crippen LogP contribution in [-0.2, 0) is 27.2 Å². The molecule has 2 aliphatic rings. The lowest BCUT2D eigenvalue weighted by Gasteiger charge is -2.25. The summed E-state index contributed by atoms with van der Waals surface area (Å²) in [6, 6.07) is 10.9. The summed E-state index contributed by atoms with van der Waals surface area (Å²) in [6.07, 6.45) is 4.99. The van der Waals surface area contributed by atoms with Gasteiger partial charge in [0.15, 0.2) is 12.4 Å². The Morgan fingerprint density at radius 1 is 1.13 bits per heavy atom. The van der Waals surface area contributed by atoms with Gasteiger partial charge in [0.2, 0.25) is 5.91 Å². The molecule has 2 heterocycles. The molecule has 6 nitrogen and oxygen atoms in total. The number of aryl methyl sites for hydroxylation is 1. The first-order valence-electron chi connectivity index (χ1n) is 10.1. The predicted octanol–water partition coefficient (Wildman–Crippen LogP) is 3.36. The third-order valence-electron chi connectivity index (χ3n) is 5.28. The summed E-state index contributed by atoms with van der Waals surface area (Å²) in [5.74, 6) is -0.00292. The number of hydrogen-bond donors (Lipinski definition) is 0. The van der Waals surface area contributed by atoms with Crippen molar-refractivity contribution in [2.75, 3.05) is 24.7 Å². The van der Waals surface area contributed by atoms with Gasteiger partial charge in [0.05, 0.1) is 18.7 Å². The van der Waals surface area contributed by atoms with Gasteiger partial charge in [-0.3, -0.25) is 9.59 Å². The van der Waals surface area contributed by atoms with Gasteiger partial charge < -0.3 is 14.4 Å². The Bertz CT molecular complexity index is 1020. The number of ether oxygens (including phenoxy) is 2. The van der Waals surface area contributed by atoms with Crippen LogP contribution in [0.3, 0.4) is 0 Å². The molecule has 0 atom stereocenters. The maximum absolute atomic E-state index is 12.6. The van der Waals surface area contributed by atoms with Crippen LogP contribution in [0.2, 0.25) is 0 Å². The number of esters is 1. The molecular formula is C24H23NO5. The van der Waals surface area contributed by atoms with Crippen LogP contribution in [0, 0.1) is 0 Å². The minimum Gasteiger partial charge on any atom is -0.494 e. The zero-order chi connectivity index (χ0) is 21.1. The van der Waals surface area contributed by atoms with Crippen molar-refractivity contribution in [1.82, 2.24) is 0 Å². The van der Waals surface area contributed by atoms with Crippen molar-refractivity contribution in [2.45, 2.75) is 26.2 Å². The molecule has 0 fully saturated rings. The van der Waals surface area contributed by atoms with Crippen LogP contribution in [0.15, 0.2) is 42.5 Å². The molecule has 0 aromatic heterocycles. The first-order chi connectivity index (χ1) is 14.5. The van der Waals surface area contributed by atoms with Crippen molar-refractivity contribution in [1.29, 1.82) is 0 Å². The Morgan fingerprint density at radius 2 is 1.90 bits per heavy atom. The summed E-state index contributed by atoms with van der Waals surface area (Å²) in [5, 5.41) is 0. The Kier molecular flexibility index (Phi) is 5.65. The number of rotatable bonds is 7. The van der Waals surface area contributed by atoms with Crippen LogP contribution in [0.5, 0.6) is 5.75 Å². The number of Topliss-reactive ketones (excluding diaryl/α,β-unsaturated/α-hetero) is 1. The Labute approximate surface area is 175 Å². The van der Waals surface area contributed by atoms with Gasteiger partial charge in [-0.15, -0.1) is 0 Å². The predicted molar refractivity (Wildman–Crippen MR) is 113 cm³/mol. The van der Waals surface area contributed by atoms with Gasteiger partial charge in [-0.05, 0) is 66.8 Å². The number of benzene rings is 2. The molecule has 0 spiro atoms. The number of amides is 1. The summed E-state index contributed by atoms with van der Waals surface area (Å²) in [4.78, 5) is 38.5. The fourth-order valence-corrected chi connectivity index (χ4v) is 3.91. The fraction of sp³-hybridized carbons (Fsp3) is 0.292. The topological polar surface area (TPSA) is 72.9 Å². The van der Waals surface area contributed by atoms with Gasteiger partial charge in [-0.25, -0.2) is 4.79 Å². The van der Waals surface area contributed by atoms with Gasteiger partial charge in [-0.2, -0.15) is 0 Å². The summed E-state index contributed by atoms with van der Waals surface area (Å²) in [5.41, 5.74) is 4.20. The molecule has 0 unspecified atom stereocenters. The summed E-state index contributed by atoms with van der Waals surface area (Å²) in [6.45, 7) is 2.92. The second kappa shape index (κ2) is 8.53. The minimum absolute atomic E-state index is 0.0846. The number of ketones is 1. The molecule has 2 aliphatic heterocycles. The Morgan fingerprint density at radius 3 is 2.67 bits per heavy atom. The molecule has 4 rings (SSSR count). The number of carbonyl (C=O) groups excluding carboxylic acids is 3. The van der Waals surface area contributed by atoms with Gasteiger partial charge in [0.25, 0.3) is 0 Å². The van der Waals surface area contributed by atoms with E-state index in [1.54, 1.807) is 12.1 Å². The lowest BCUT2D eigenvalue weighted by atomic mass is 9.95. The zero-order valence-electron chi connectivity index (χ0n) is 16.8. The van der Waals surface area contributed by atoms with Crippen molar-refractivity contribution in [3.8, 4) is 5.75 Å². The second-order valence-electron chi connectivity index (χ2n) is 7.34. The molecule has 30 heavy (non-hydrogen) atoms. The van der Waals surface area contributed by atoms with Gasteiger partial charge in [0.1, 0.15) is 5.75 Å². The van der Waals surface area contributed by atoms with Crippen molar-refractivity contribution in [3.05, 3.63) is 64.7 Å². The van der Waals surface area contributed by atoms with E-state index in [1.165, 1.54) is 6.08 Å². The van der Waals surface area contributed by atoms with Crippen LogP contribution >= 0.6 is 0 Å². The van der Waals surface area contributed by atoms with E-state index in [0.29, 0.717) is 18.6 Å². The molecule has 0 bridgehead atoms. The van der Waals surface area contributed by atoms with Crippen LogP contribution < -0.4 is 9.64 Å². The number of hydrogen-bond acceptors (Lipinski definition) is 5. The standard InChI is InChI=1S/C24H23NO5/c1-2-29-20-8-5-16(6-9-20)7-10-23(28)30-15-21(26)18-12-17-4-3-11-25-22(27)14-19(13-18)24(17)25/h5-10,12-13H,2-4,11,14-15H2,1H3/b10-7+. The quantitative estimate of drug-likeness (QED) is 0.401. The van der Waals surface area contributed by atoms with Crippen molar-refractivity contribution in [2.24, 2.45) is 0 Å². The highest BCUT2D eigenvalue weighted by molar-refractivity contribution is 6.05. The molecule has 0 saturated heterocycles. The first-order valence-corrected chi connectivity index (χ1v) is 10.1. The van der Waals surface area contributed by atoms with Crippen LogP contribution in [0.4, 0.5) is 5.69 Å². The minimum atomic E-state index is -0.582. The number of anilines is 1. The van der Waals surface area contributed by atoms with E-state index >= 15 is 0 Å². The molecule has 2 aromatic rings. The average molecular weight is 405 g/mol. The second-order valence-corrected chi connectivity index (χ2v) is 7.34. The number of carbonyl (C=O) groups is 3. The number of nitrogens with zero attached hydrogens (tertiary/aromatic N) is 1. The summed E-state index contributed by atoms with van der Waals surface area (Å²) in [7, 11) is 0. The Balaban J connectivity index is 1.36. The van der Waals surface area contributed by atoms with Crippen LogP contribution in [-0.4, -0.2) is 37.4 Å². The highest BCUT2D eigenvalue weighted by atomic mass is 16.5. The van der Waals surface area contributed by atoms with Crippen molar-refractivity contribution >= 4 is 29.4 Å². The molecule has 0 saturated carbocycles. The fourth-order valence-electron chi connectivity index (χ4n) is 3.91. The highest BCUT2D eigenvalue weighted by Gasteiger charge is 2.32. The molecule has 6 heteroatoms. The lowest BCUT2D eigenvalue weighted by Crippen LogP contribution is -2.31. The van der Waals surface area contributed by atoms with E-state index in [0.717, 1.165) is 47.5 Å². The van der Waals surface area contributed by atoms with Gasteiger partial charge in [-0.1, -0.05) is 12.1 Å². The SMILES string of the molecule is CCOc1ccc(/C=C/C(=O)OCC(=O)c2cc3c4c(c2)CC(=O)N4CCC3)cc1. The molecule has 0 radical (unpaired) electrons. The third kappa shape index (κ3) is 4.13. The maximum Gasteiger partial charge on any atom is 0.331 e. The summed E-state index contributed by atoms with van der Waals surface area (Å²) >= 11 is 0. The van der Waals surface area contributed by atoms with E-state index in [9.17, 15) is 14.4 Å². The highest BCUT2D eigenvalue weighted by Crippen LogP contribution is 2.37. The third-order valence-corrected chi connectivity index (χ3v) is 5.28. The van der Waals surface area contributed by atoms with Crippen LogP contribution in [0.25, 0.3) is 6.08 Å². The Hall–Kier alpha value is -3.41. The van der Waals surface area contributed by atoms with Gasteiger partial charge >= 0.3 is 5.97 Å². The maximum atomic E-state index is 12.6. The van der Waals surface area contributed by atoms with Crippen molar-refractivity contribution in [3.63, 3.8) is 0 Å². The molecule has 0 N–H and O–H groups in total. The molecular weight excluding hydrogens is 382 g/mol. The average Bonchev–Trinajstić information content (AvgIpc) is 3.08. The zero-order valence-corrected chi connectivity index (χ0v) is 16.8. The molecule has 0 aliphatic carbocycles. The monoisotopic (exact) mass is 405 g/mol. The largest absolute Gasteiger partial charge is 0.494 e. The van der Waals surface area contributed by atoms with Crippen LogP contribution in [0.1, 0.15) is 40.4 Å². The lowest BCUT2D eigenvalue weighted by molar-refractivity contribution is -0.136.